The largest absolute Gasteiger partial charge is 0.240 e. The minimum atomic E-state index is 0.465. The molecule has 0 saturated carbocycles. The Kier molecular flexibility index (Phi) is 2.96. The monoisotopic (exact) mass is 174 g/mol. The van der Waals surface area contributed by atoms with Crippen molar-refractivity contribution < 1.29 is 0 Å². The molecule has 0 bridgehead atoms. The Bertz CT molecular complexity index is 176. The van der Waals surface area contributed by atoms with Gasteiger partial charge in [0.2, 0.25) is 0 Å². The standard InChI is InChI=1S/C6H7ClN2S/c7-1-5-2-8-6(4-10)9-3-5/h2-3,10H,1,4H2. The SMILES string of the molecule is SCc1ncc(CCl)cn1. The summed E-state index contributed by atoms with van der Waals surface area (Å²) in [7, 11) is 0. The molecular formula is C6H7ClN2S. The lowest BCUT2D eigenvalue weighted by atomic mass is 10.4. The van der Waals surface area contributed by atoms with E-state index < -0.39 is 0 Å². The van der Waals surface area contributed by atoms with E-state index in [0.29, 0.717) is 11.6 Å². The third-order valence-electron chi connectivity index (χ3n) is 1.05. The summed E-state index contributed by atoms with van der Waals surface area (Å²) in [6, 6.07) is 0. The summed E-state index contributed by atoms with van der Waals surface area (Å²) in [6.45, 7) is 0. The van der Waals surface area contributed by atoms with Gasteiger partial charge in [0.25, 0.3) is 0 Å². The molecule has 2 nitrogen and oxygen atoms in total. The van der Waals surface area contributed by atoms with Crippen LogP contribution in [-0.4, -0.2) is 9.97 Å². The average molecular weight is 175 g/mol. The van der Waals surface area contributed by atoms with Gasteiger partial charge >= 0.3 is 0 Å². The maximum Gasteiger partial charge on any atom is 0.137 e. The molecule has 0 amide bonds. The molecule has 0 aliphatic heterocycles. The molecule has 0 unspecified atom stereocenters. The molecule has 10 heavy (non-hydrogen) atoms. The van der Waals surface area contributed by atoms with Gasteiger partial charge in [-0.1, -0.05) is 0 Å². The highest BCUT2D eigenvalue weighted by Gasteiger charge is 1.92. The minimum absolute atomic E-state index is 0.465. The lowest BCUT2D eigenvalue weighted by molar-refractivity contribution is 1.01. The predicted octanol–water partition coefficient (Wildman–Crippen LogP) is 1.65. The molecule has 0 aliphatic carbocycles. The molecular weight excluding hydrogens is 168 g/mol. The van der Waals surface area contributed by atoms with E-state index in [9.17, 15) is 0 Å². The van der Waals surface area contributed by atoms with Crippen LogP contribution in [0.2, 0.25) is 0 Å². The molecule has 0 atom stereocenters. The molecule has 0 aliphatic rings. The maximum absolute atomic E-state index is 5.52. The van der Waals surface area contributed by atoms with E-state index in [1.165, 1.54) is 0 Å². The van der Waals surface area contributed by atoms with Gasteiger partial charge < -0.3 is 0 Å². The van der Waals surface area contributed by atoms with Crippen LogP contribution in [0.4, 0.5) is 0 Å². The Morgan fingerprint density at radius 2 is 2.00 bits per heavy atom. The second-order valence-electron chi connectivity index (χ2n) is 1.80. The van der Waals surface area contributed by atoms with E-state index in [0.717, 1.165) is 11.4 Å². The second-order valence-corrected chi connectivity index (χ2v) is 2.38. The van der Waals surface area contributed by atoms with Crippen LogP contribution in [0, 0.1) is 0 Å². The van der Waals surface area contributed by atoms with Gasteiger partial charge in [-0.25, -0.2) is 9.97 Å². The van der Waals surface area contributed by atoms with Crippen molar-refractivity contribution in [2.45, 2.75) is 11.6 Å². The van der Waals surface area contributed by atoms with E-state index in [4.69, 9.17) is 11.6 Å². The summed E-state index contributed by atoms with van der Waals surface area (Å²) in [5, 5.41) is 0. The summed E-state index contributed by atoms with van der Waals surface area (Å²) < 4.78 is 0. The van der Waals surface area contributed by atoms with Crippen LogP contribution in [0.3, 0.4) is 0 Å². The molecule has 0 radical (unpaired) electrons. The van der Waals surface area contributed by atoms with Crippen molar-refractivity contribution in [1.82, 2.24) is 9.97 Å². The van der Waals surface area contributed by atoms with E-state index in [1.54, 1.807) is 12.4 Å². The van der Waals surface area contributed by atoms with Crippen LogP contribution in [0.25, 0.3) is 0 Å². The zero-order valence-corrected chi connectivity index (χ0v) is 6.94. The van der Waals surface area contributed by atoms with Gasteiger partial charge in [-0.2, -0.15) is 12.6 Å². The van der Waals surface area contributed by atoms with Crippen molar-refractivity contribution in [3.8, 4) is 0 Å². The summed E-state index contributed by atoms with van der Waals surface area (Å²) in [5.41, 5.74) is 0.937. The summed E-state index contributed by atoms with van der Waals surface area (Å²) in [4.78, 5) is 7.99. The van der Waals surface area contributed by atoms with Crippen LogP contribution in [0.15, 0.2) is 12.4 Å². The zero-order valence-electron chi connectivity index (χ0n) is 5.29. The topological polar surface area (TPSA) is 25.8 Å². The van der Waals surface area contributed by atoms with Gasteiger partial charge in [0.1, 0.15) is 5.82 Å². The second kappa shape index (κ2) is 3.78. The van der Waals surface area contributed by atoms with Crippen LogP contribution >= 0.6 is 24.2 Å². The summed E-state index contributed by atoms with van der Waals surface area (Å²) in [5.74, 6) is 1.77. The van der Waals surface area contributed by atoms with E-state index in [2.05, 4.69) is 22.6 Å². The average Bonchev–Trinajstić information content (AvgIpc) is 2.05. The van der Waals surface area contributed by atoms with Gasteiger partial charge in [-0.15, -0.1) is 11.6 Å². The lowest BCUT2D eigenvalue weighted by Crippen LogP contribution is -1.91. The Morgan fingerprint density at radius 3 is 2.40 bits per heavy atom. The third kappa shape index (κ3) is 1.85. The minimum Gasteiger partial charge on any atom is -0.240 e. The fraction of sp³-hybridized carbons (Fsp3) is 0.333. The lowest BCUT2D eigenvalue weighted by Gasteiger charge is -1.94. The Hall–Kier alpha value is -0.280. The first-order valence-corrected chi connectivity index (χ1v) is 4.00. The molecule has 0 saturated heterocycles. The molecule has 1 aromatic rings. The number of alkyl halides is 1. The van der Waals surface area contributed by atoms with Crippen LogP contribution < -0.4 is 0 Å². The summed E-state index contributed by atoms with van der Waals surface area (Å²) >= 11 is 9.54. The van der Waals surface area contributed by atoms with E-state index >= 15 is 0 Å². The summed E-state index contributed by atoms with van der Waals surface area (Å²) in [6.07, 6.45) is 3.43. The smallest absolute Gasteiger partial charge is 0.137 e. The predicted molar refractivity (Wildman–Crippen MR) is 44.3 cm³/mol. The fourth-order valence-electron chi connectivity index (χ4n) is 0.532. The maximum atomic E-state index is 5.52. The number of halogens is 1. The Balaban J connectivity index is 2.80. The van der Waals surface area contributed by atoms with Gasteiger partial charge in [-0.05, 0) is 0 Å². The molecule has 1 heterocycles. The number of hydrogen-bond donors (Lipinski definition) is 1. The van der Waals surface area contributed by atoms with Crippen molar-refractivity contribution in [2.75, 3.05) is 0 Å². The highest BCUT2D eigenvalue weighted by atomic mass is 35.5. The number of rotatable bonds is 2. The Morgan fingerprint density at radius 1 is 1.40 bits per heavy atom. The molecule has 1 aromatic heterocycles. The normalized spacial score (nSPS) is 9.80. The number of aromatic nitrogens is 2. The molecule has 0 aromatic carbocycles. The quantitative estimate of drug-likeness (QED) is 0.545. The molecule has 4 heteroatoms. The van der Waals surface area contributed by atoms with Crippen molar-refractivity contribution in [1.29, 1.82) is 0 Å². The van der Waals surface area contributed by atoms with Crippen molar-refractivity contribution in [3.63, 3.8) is 0 Å². The van der Waals surface area contributed by atoms with Crippen molar-refractivity contribution in [2.24, 2.45) is 0 Å². The van der Waals surface area contributed by atoms with Gasteiger partial charge in [0.05, 0.1) is 11.6 Å². The molecule has 1 rings (SSSR count). The Labute approximate surface area is 70.1 Å². The van der Waals surface area contributed by atoms with Gasteiger partial charge in [0.15, 0.2) is 0 Å². The van der Waals surface area contributed by atoms with E-state index in [1.807, 2.05) is 0 Å². The first-order valence-electron chi connectivity index (χ1n) is 2.83. The van der Waals surface area contributed by atoms with Crippen LogP contribution in [0.5, 0.6) is 0 Å². The fourth-order valence-corrected chi connectivity index (χ4v) is 0.833. The number of hydrogen-bond acceptors (Lipinski definition) is 3. The van der Waals surface area contributed by atoms with Crippen molar-refractivity contribution in [3.05, 3.63) is 23.8 Å². The zero-order chi connectivity index (χ0) is 7.40. The van der Waals surface area contributed by atoms with Gasteiger partial charge in [0, 0.05) is 18.0 Å². The number of thiol groups is 1. The number of nitrogens with zero attached hydrogens (tertiary/aromatic N) is 2. The highest BCUT2D eigenvalue weighted by molar-refractivity contribution is 7.79. The first kappa shape index (κ1) is 7.82. The molecule has 54 valence electrons. The first-order chi connectivity index (χ1) is 4.86. The van der Waals surface area contributed by atoms with Gasteiger partial charge in [-0.3, -0.25) is 0 Å². The molecule has 0 spiro atoms. The van der Waals surface area contributed by atoms with Crippen LogP contribution in [-0.2, 0) is 11.6 Å². The van der Waals surface area contributed by atoms with Crippen molar-refractivity contribution >= 4 is 24.2 Å². The highest BCUT2D eigenvalue weighted by Crippen LogP contribution is 2.00. The van der Waals surface area contributed by atoms with Crippen LogP contribution in [0.1, 0.15) is 11.4 Å². The molecule has 0 fully saturated rings. The third-order valence-corrected chi connectivity index (χ3v) is 1.65. The van der Waals surface area contributed by atoms with E-state index in [-0.39, 0.29) is 0 Å². The molecule has 0 N–H and O–H groups in total.